The summed E-state index contributed by atoms with van der Waals surface area (Å²) in [7, 11) is 0. The number of carbonyl (C=O) groups is 1. The number of nitrogens with zero attached hydrogens (tertiary/aromatic N) is 3. The highest BCUT2D eigenvalue weighted by atomic mass is 16.2. The smallest absolute Gasteiger partial charge is 0.270 e. The van der Waals surface area contributed by atoms with Crippen LogP contribution in [-0.2, 0) is 13.1 Å². The minimum atomic E-state index is -0.364. The van der Waals surface area contributed by atoms with Crippen LogP contribution in [0.25, 0.3) is 16.6 Å². The summed E-state index contributed by atoms with van der Waals surface area (Å²) < 4.78 is 1.42. The maximum Gasteiger partial charge on any atom is 0.270 e. The van der Waals surface area contributed by atoms with Crippen LogP contribution in [0.3, 0.4) is 0 Å². The number of piperidine rings is 1. The highest BCUT2D eigenvalue weighted by Gasteiger charge is 2.33. The molecule has 3 aromatic heterocycles. The second-order valence-corrected chi connectivity index (χ2v) is 10.1. The van der Waals surface area contributed by atoms with E-state index in [1.807, 2.05) is 6.07 Å². The maximum atomic E-state index is 12.7. The van der Waals surface area contributed by atoms with Crippen molar-refractivity contribution >= 4 is 22.5 Å². The van der Waals surface area contributed by atoms with Gasteiger partial charge in [-0.1, -0.05) is 25.1 Å². The van der Waals surface area contributed by atoms with Gasteiger partial charge in [-0.05, 0) is 74.4 Å². The van der Waals surface area contributed by atoms with E-state index in [4.69, 9.17) is 0 Å². The summed E-state index contributed by atoms with van der Waals surface area (Å²) in [5.74, 6) is 0.410. The molecule has 2 N–H and O–H groups in total. The molecule has 34 heavy (non-hydrogen) atoms. The number of nitrogens with one attached hydrogen (secondary N) is 2. The zero-order chi connectivity index (χ0) is 23.9. The third kappa shape index (κ3) is 4.48. The summed E-state index contributed by atoms with van der Waals surface area (Å²) in [4.78, 5) is 35.4. The molecule has 4 aromatic rings. The average Bonchev–Trinajstić information content (AvgIpc) is 3.20. The van der Waals surface area contributed by atoms with Crippen LogP contribution in [0.15, 0.2) is 59.5 Å². The first-order chi connectivity index (χ1) is 16.3. The normalized spacial score (nSPS) is 18.4. The molecule has 1 aromatic carbocycles. The van der Waals surface area contributed by atoms with E-state index in [-0.39, 0.29) is 22.7 Å². The Balaban J connectivity index is 1.28. The molecule has 0 bridgehead atoms. The third-order valence-corrected chi connectivity index (χ3v) is 6.96. The number of fused-ring (bicyclic) bond motifs is 2. The zero-order valence-electron chi connectivity index (χ0n) is 20.0. The summed E-state index contributed by atoms with van der Waals surface area (Å²) in [6.07, 6.45) is 4.10. The lowest BCUT2D eigenvalue weighted by molar-refractivity contribution is 0.0435. The first-order valence-corrected chi connectivity index (χ1v) is 11.9. The van der Waals surface area contributed by atoms with Gasteiger partial charge in [0.1, 0.15) is 11.3 Å². The van der Waals surface area contributed by atoms with E-state index in [1.165, 1.54) is 29.0 Å². The Morgan fingerprint density at radius 1 is 1.21 bits per heavy atom. The minimum absolute atomic E-state index is 0.123. The molecule has 0 aliphatic carbocycles. The van der Waals surface area contributed by atoms with Gasteiger partial charge in [-0.2, -0.15) is 0 Å². The van der Waals surface area contributed by atoms with Crippen molar-refractivity contribution in [1.82, 2.24) is 24.6 Å². The number of likely N-dealkylation sites (tertiary alicyclic amines) is 1. The zero-order valence-corrected chi connectivity index (χ0v) is 20.0. The van der Waals surface area contributed by atoms with Crippen molar-refractivity contribution in [2.24, 2.45) is 5.92 Å². The van der Waals surface area contributed by atoms with E-state index >= 15 is 0 Å². The fourth-order valence-corrected chi connectivity index (χ4v) is 5.13. The number of aromatic amines is 1. The fourth-order valence-electron chi connectivity index (χ4n) is 5.13. The summed E-state index contributed by atoms with van der Waals surface area (Å²) >= 11 is 0. The van der Waals surface area contributed by atoms with Gasteiger partial charge in [0.05, 0.1) is 0 Å². The Morgan fingerprint density at radius 2 is 2.06 bits per heavy atom. The van der Waals surface area contributed by atoms with Crippen LogP contribution in [0, 0.1) is 5.92 Å². The number of pyridine rings is 1. The molecule has 1 saturated heterocycles. The second kappa shape index (κ2) is 8.72. The summed E-state index contributed by atoms with van der Waals surface area (Å²) in [5.41, 5.74) is 3.75. The lowest BCUT2D eigenvalue weighted by Gasteiger charge is -2.44. The number of H-pyrrole nitrogens is 1. The quantitative estimate of drug-likeness (QED) is 0.472. The van der Waals surface area contributed by atoms with Gasteiger partial charge in [0.25, 0.3) is 11.5 Å². The SMILES string of the molecule is C[C@H]1CCN(Cc2cc3ccc(CNC(=O)c4cc(=O)n5ccccc5n4)cc3[nH]2)C(C)(C)C1. The number of carbonyl (C=O) groups excluding carboxylic acids is 1. The van der Waals surface area contributed by atoms with Gasteiger partial charge in [-0.15, -0.1) is 0 Å². The highest BCUT2D eigenvalue weighted by Crippen LogP contribution is 2.32. The molecule has 0 radical (unpaired) electrons. The monoisotopic (exact) mass is 457 g/mol. The Hall–Kier alpha value is -3.45. The predicted octanol–water partition coefficient (Wildman–Crippen LogP) is 4.12. The van der Waals surface area contributed by atoms with Crippen LogP contribution in [0.1, 0.15) is 55.4 Å². The molecule has 7 heteroatoms. The molecule has 0 spiro atoms. The molecule has 7 nitrogen and oxygen atoms in total. The number of benzene rings is 1. The molecular weight excluding hydrogens is 426 g/mol. The van der Waals surface area contributed by atoms with Crippen LogP contribution in [-0.4, -0.2) is 37.3 Å². The van der Waals surface area contributed by atoms with Crippen LogP contribution >= 0.6 is 0 Å². The van der Waals surface area contributed by atoms with Crippen molar-refractivity contribution in [3.05, 3.63) is 82.0 Å². The van der Waals surface area contributed by atoms with E-state index in [0.29, 0.717) is 12.2 Å². The number of amides is 1. The molecule has 1 amide bonds. The minimum Gasteiger partial charge on any atom is -0.357 e. The number of aromatic nitrogens is 3. The first-order valence-electron chi connectivity index (χ1n) is 11.9. The standard InChI is InChI=1S/C27H31N5O2/c1-18-9-11-31(27(2,3)15-18)17-21-13-20-8-7-19(12-22(20)29-21)16-28-26(34)23-14-25(33)32-10-5-4-6-24(32)30-23/h4-8,10,12-14,18,29H,9,11,15-17H2,1-3H3,(H,28,34)/t18-/m0/s1. The van der Waals surface area contributed by atoms with Crippen molar-refractivity contribution in [2.45, 2.75) is 52.2 Å². The number of rotatable bonds is 5. The summed E-state index contributed by atoms with van der Waals surface area (Å²) in [6, 6.07) is 14.9. The lowest BCUT2D eigenvalue weighted by Crippen LogP contribution is -2.48. The van der Waals surface area contributed by atoms with Gasteiger partial charge in [0, 0.05) is 42.1 Å². The van der Waals surface area contributed by atoms with E-state index in [0.717, 1.165) is 35.5 Å². The van der Waals surface area contributed by atoms with Gasteiger partial charge >= 0.3 is 0 Å². The van der Waals surface area contributed by atoms with Crippen molar-refractivity contribution in [3.63, 3.8) is 0 Å². The van der Waals surface area contributed by atoms with E-state index < -0.39 is 0 Å². The molecule has 1 aliphatic rings. The van der Waals surface area contributed by atoms with Gasteiger partial charge < -0.3 is 10.3 Å². The van der Waals surface area contributed by atoms with Gasteiger partial charge in [-0.25, -0.2) is 4.98 Å². The van der Waals surface area contributed by atoms with Crippen molar-refractivity contribution < 1.29 is 4.79 Å². The molecule has 1 fully saturated rings. The molecule has 176 valence electrons. The van der Waals surface area contributed by atoms with Crippen LogP contribution in [0.5, 0.6) is 0 Å². The Labute approximate surface area is 198 Å². The van der Waals surface area contributed by atoms with Gasteiger partial charge in [-0.3, -0.25) is 18.9 Å². The fraction of sp³-hybridized carbons (Fsp3) is 0.370. The molecule has 0 saturated carbocycles. The van der Waals surface area contributed by atoms with Gasteiger partial charge in [0.2, 0.25) is 0 Å². The first kappa shape index (κ1) is 22.3. The Morgan fingerprint density at radius 3 is 2.88 bits per heavy atom. The molecule has 5 rings (SSSR count). The summed E-state index contributed by atoms with van der Waals surface area (Å²) in [5, 5.41) is 4.05. The van der Waals surface area contributed by atoms with Crippen molar-refractivity contribution in [1.29, 1.82) is 0 Å². The Kier molecular flexibility index (Phi) is 5.73. The van der Waals surface area contributed by atoms with E-state index in [2.05, 4.69) is 59.2 Å². The molecule has 0 unspecified atom stereocenters. The van der Waals surface area contributed by atoms with Crippen molar-refractivity contribution in [2.75, 3.05) is 6.54 Å². The van der Waals surface area contributed by atoms with Gasteiger partial charge in [0.15, 0.2) is 0 Å². The van der Waals surface area contributed by atoms with Crippen LogP contribution < -0.4 is 10.9 Å². The Bertz CT molecular complexity index is 1420. The number of hydrogen-bond donors (Lipinski definition) is 2. The molecule has 1 aliphatic heterocycles. The third-order valence-electron chi connectivity index (χ3n) is 6.96. The number of hydrogen-bond acceptors (Lipinski definition) is 4. The predicted molar refractivity (Wildman–Crippen MR) is 134 cm³/mol. The maximum absolute atomic E-state index is 12.7. The topological polar surface area (TPSA) is 82.5 Å². The largest absolute Gasteiger partial charge is 0.357 e. The van der Waals surface area contributed by atoms with Crippen molar-refractivity contribution in [3.8, 4) is 0 Å². The molecule has 4 heterocycles. The van der Waals surface area contributed by atoms with E-state index in [1.54, 1.807) is 24.4 Å². The van der Waals surface area contributed by atoms with Crippen LogP contribution in [0.4, 0.5) is 0 Å². The lowest BCUT2D eigenvalue weighted by atomic mass is 9.83. The average molecular weight is 458 g/mol. The van der Waals surface area contributed by atoms with Crippen LogP contribution in [0.2, 0.25) is 0 Å². The highest BCUT2D eigenvalue weighted by molar-refractivity contribution is 5.92. The summed E-state index contributed by atoms with van der Waals surface area (Å²) in [6.45, 7) is 9.40. The van der Waals surface area contributed by atoms with E-state index in [9.17, 15) is 9.59 Å². The second-order valence-electron chi connectivity index (χ2n) is 10.1. The molecule has 1 atom stereocenters. The molecular formula is C27H31N5O2.